The molecule has 0 fully saturated rings. The van der Waals surface area contributed by atoms with E-state index in [-0.39, 0.29) is 11.9 Å². The van der Waals surface area contributed by atoms with Gasteiger partial charge >= 0.3 is 0 Å². The molecule has 152 valence electrons. The van der Waals surface area contributed by atoms with E-state index in [0.717, 1.165) is 44.2 Å². The average Bonchev–Trinajstić information content (AvgIpc) is 3.27. The van der Waals surface area contributed by atoms with E-state index in [1.54, 1.807) is 6.26 Å². The van der Waals surface area contributed by atoms with Crippen molar-refractivity contribution in [3.05, 3.63) is 95.7 Å². The van der Waals surface area contributed by atoms with Crippen LogP contribution in [0, 0.1) is 6.92 Å². The van der Waals surface area contributed by atoms with E-state index in [4.69, 9.17) is 9.51 Å². The number of nitrogens with one attached hydrogen (secondary N) is 1. The highest BCUT2D eigenvalue weighted by atomic mass is 16.5. The third kappa shape index (κ3) is 3.44. The summed E-state index contributed by atoms with van der Waals surface area (Å²) >= 11 is 0. The lowest BCUT2D eigenvalue weighted by Crippen LogP contribution is -2.27. The lowest BCUT2D eigenvalue weighted by Gasteiger charge is -2.18. The Morgan fingerprint density at radius 1 is 0.935 bits per heavy atom. The molecule has 1 N–H and O–H groups in total. The third-order valence-corrected chi connectivity index (χ3v) is 5.63. The van der Waals surface area contributed by atoms with Crippen molar-refractivity contribution in [1.82, 2.24) is 15.5 Å². The first-order chi connectivity index (χ1) is 15.1. The van der Waals surface area contributed by atoms with Crippen LogP contribution in [0.4, 0.5) is 0 Å². The molecule has 0 bridgehead atoms. The molecule has 2 heterocycles. The van der Waals surface area contributed by atoms with Gasteiger partial charge in [-0.25, -0.2) is 4.98 Å². The van der Waals surface area contributed by atoms with Crippen molar-refractivity contribution in [1.29, 1.82) is 0 Å². The predicted octanol–water partition coefficient (Wildman–Crippen LogP) is 5.84. The second-order valence-corrected chi connectivity index (χ2v) is 7.68. The lowest BCUT2D eigenvalue weighted by molar-refractivity contribution is 0.0939. The Hall–Kier alpha value is -3.99. The Kier molecular flexibility index (Phi) is 4.71. The van der Waals surface area contributed by atoms with Crippen LogP contribution in [0.3, 0.4) is 0 Å². The van der Waals surface area contributed by atoms with E-state index in [9.17, 15) is 4.79 Å². The van der Waals surface area contributed by atoms with Crippen molar-refractivity contribution in [2.24, 2.45) is 0 Å². The predicted molar refractivity (Wildman–Crippen MR) is 122 cm³/mol. The molecule has 0 spiro atoms. The highest BCUT2D eigenvalue weighted by Gasteiger charge is 2.18. The van der Waals surface area contributed by atoms with Crippen LogP contribution in [0.25, 0.3) is 33.1 Å². The number of rotatable bonds is 4. The molecule has 0 radical (unpaired) electrons. The van der Waals surface area contributed by atoms with Crippen molar-refractivity contribution < 1.29 is 9.32 Å². The molecule has 5 aromatic rings. The normalized spacial score (nSPS) is 12.2. The first kappa shape index (κ1) is 19.0. The van der Waals surface area contributed by atoms with Crippen LogP contribution in [0.15, 0.2) is 83.6 Å². The van der Waals surface area contributed by atoms with Crippen molar-refractivity contribution in [2.75, 3.05) is 0 Å². The van der Waals surface area contributed by atoms with Crippen molar-refractivity contribution in [3.8, 4) is 11.3 Å². The molecule has 0 aliphatic rings. The fourth-order valence-corrected chi connectivity index (χ4v) is 3.99. The fraction of sp³-hybridized carbons (Fsp3) is 0.115. The number of benzene rings is 3. The van der Waals surface area contributed by atoms with Crippen molar-refractivity contribution in [2.45, 2.75) is 19.9 Å². The summed E-state index contributed by atoms with van der Waals surface area (Å²) in [5.41, 5.74) is 6.07. The summed E-state index contributed by atoms with van der Waals surface area (Å²) in [7, 11) is 0. The summed E-state index contributed by atoms with van der Waals surface area (Å²) in [6.45, 7) is 3.95. The Morgan fingerprint density at radius 2 is 1.71 bits per heavy atom. The minimum absolute atomic E-state index is 0.0887. The van der Waals surface area contributed by atoms with Gasteiger partial charge in [-0.3, -0.25) is 4.79 Å². The molecule has 5 nitrogen and oxygen atoms in total. The number of aromatic nitrogens is 2. The smallest absolute Gasteiger partial charge is 0.252 e. The maximum absolute atomic E-state index is 12.9. The fourth-order valence-electron chi connectivity index (χ4n) is 3.99. The molecule has 1 atom stereocenters. The number of pyridine rings is 1. The largest absolute Gasteiger partial charge is 0.363 e. The molecule has 0 aliphatic carbocycles. The number of nitrogens with zero attached hydrogens (tertiary/aromatic N) is 2. The van der Waals surface area contributed by atoms with Crippen molar-refractivity contribution >= 4 is 27.7 Å². The molecular weight excluding hydrogens is 386 g/mol. The number of carbonyl (C=O) groups excluding carboxylic acids is 1. The molecule has 1 amide bonds. The first-order valence-corrected chi connectivity index (χ1v) is 10.2. The van der Waals surface area contributed by atoms with Crippen LogP contribution < -0.4 is 5.32 Å². The number of carbonyl (C=O) groups is 1. The topological polar surface area (TPSA) is 68.0 Å². The van der Waals surface area contributed by atoms with E-state index in [2.05, 4.69) is 10.5 Å². The molecular formula is C26H21N3O2. The standard InChI is InChI=1S/C26H21N3O2/c1-16-8-3-4-9-18(16)26(30)27-17(2)21-14-25(28-23-12-6-5-10-19(21)23)20-11-7-13-24-22(20)15-31-29-24/h3-15,17H,1-2H3,(H,27,30). The first-order valence-electron chi connectivity index (χ1n) is 10.2. The van der Waals surface area contributed by atoms with Gasteiger partial charge in [0, 0.05) is 16.5 Å². The maximum atomic E-state index is 12.9. The van der Waals surface area contributed by atoms with Gasteiger partial charge in [0.15, 0.2) is 0 Å². The number of hydrogen-bond donors (Lipinski definition) is 1. The summed E-state index contributed by atoms with van der Waals surface area (Å²) in [4.78, 5) is 17.8. The van der Waals surface area contributed by atoms with E-state index in [1.165, 1.54) is 0 Å². The molecule has 3 aromatic carbocycles. The van der Waals surface area contributed by atoms with Crippen LogP contribution in [-0.4, -0.2) is 16.0 Å². The number of para-hydroxylation sites is 1. The van der Waals surface area contributed by atoms with E-state index in [0.29, 0.717) is 5.56 Å². The summed E-state index contributed by atoms with van der Waals surface area (Å²) in [6, 6.07) is 23.3. The molecule has 0 saturated carbocycles. The van der Waals surface area contributed by atoms with Gasteiger partial charge < -0.3 is 9.84 Å². The third-order valence-electron chi connectivity index (χ3n) is 5.63. The number of fused-ring (bicyclic) bond motifs is 2. The van der Waals surface area contributed by atoms with Crippen LogP contribution >= 0.6 is 0 Å². The quantitative estimate of drug-likeness (QED) is 0.406. The second-order valence-electron chi connectivity index (χ2n) is 7.68. The summed E-state index contributed by atoms with van der Waals surface area (Å²) in [6.07, 6.45) is 1.64. The maximum Gasteiger partial charge on any atom is 0.252 e. The SMILES string of the molecule is Cc1ccccc1C(=O)NC(C)c1cc(-c2cccc3nocc23)nc2ccccc12. The molecule has 0 aliphatic heterocycles. The minimum atomic E-state index is -0.208. The number of amides is 1. The molecule has 5 rings (SSSR count). The minimum Gasteiger partial charge on any atom is -0.363 e. The Bertz CT molecular complexity index is 1420. The molecule has 1 unspecified atom stereocenters. The van der Waals surface area contributed by atoms with Gasteiger partial charge in [-0.05, 0) is 49.2 Å². The zero-order valence-corrected chi connectivity index (χ0v) is 17.3. The van der Waals surface area contributed by atoms with E-state index >= 15 is 0 Å². The number of hydrogen-bond acceptors (Lipinski definition) is 4. The summed E-state index contributed by atoms with van der Waals surface area (Å²) in [5.74, 6) is -0.0887. The highest BCUT2D eigenvalue weighted by Crippen LogP contribution is 2.32. The zero-order valence-electron chi connectivity index (χ0n) is 17.3. The average molecular weight is 407 g/mol. The van der Waals surface area contributed by atoms with Crippen LogP contribution in [0.1, 0.15) is 34.5 Å². The van der Waals surface area contributed by atoms with Crippen molar-refractivity contribution in [3.63, 3.8) is 0 Å². The van der Waals surface area contributed by atoms with Gasteiger partial charge in [0.25, 0.3) is 5.91 Å². The number of aryl methyl sites for hydroxylation is 1. The Balaban J connectivity index is 1.60. The van der Waals surface area contributed by atoms with Crippen LogP contribution in [0.2, 0.25) is 0 Å². The molecule has 5 heteroatoms. The Morgan fingerprint density at radius 3 is 2.58 bits per heavy atom. The second kappa shape index (κ2) is 7.69. The summed E-state index contributed by atoms with van der Waals surface area (Å²) < 4.78 is 5.17. The van der Waals surface area contributed by atoms with Gasteiger partial charge in [-0.15, -0.1) is 0 Å². The Labute approximate surface area is 179 Å². The molecule has 31 heavy (non-hydrogen) atoms. The lowest BCUT2D eigenvalue weighted by atomic mass is 9.98. The van der Waals surface area contributed by atoms with Gasteiger partial charge in [-0.1, -0.05) is 53.7 Å². The van der Waals surface area contributed by atoms with Crippen LogP contribution in [-0.2, 0) is 0 Å². The zero-order chi connectivity index (χ0) is 21.4. The van der Waals surface area contributed by atoms with Gasteiger partial charge in [-0.2, -0.15) is 0 Å². The van der Waals surface area contributed by atoms with Crippen LogP contribution in [0.5, 0.6) is 0 Å². The van der Waals surface area contributed by atoms with E-state index < -0.39 is 0 Å². The van der Waals surface area contributed by atoms with Gasteiger partial charge in [0.1, 0.15) is 11.8 Å². The molecule has 2 aromatic heterocycles. The monoisotopic (exact) mass is 407 g/mol. The summed E-state index contributed by atoms with van der Waals surface area (Å²) in [5, 5.41) is 9.13. The van der Waals surface area contributed by atoms with Gasteiger partial charge in [0.05, 0.1) is 22.6 Å². The van der Waals surface area contributed by atoms with Gasteiger partial charge in [0.2, 0.25) is 0 Å². The van der Waals surface area contributed by atoms with E-state index in [1.807, 2.05) is 86.6 Å². The molecule has 0 saturated heterocycles. The highest BCUT2D eigenvalue weighted by molar-refractivity contribution is 5.97.